The van der Waals surface area contributed by atoms with Crippen molar-refractivity contribution in [2.24, 2.45) is 11.7 Å². The molecule has 0 saturated carbocycles. The van der Waals surface area contributed by atoms with Crippen LogP contribution < -0.4 is 15.5 Å². The molecule has 130 valence electrons. The average Bonchev–Trinajstić information content (AvgIpc) is 2.96. The Balaban J connectivity index is 1.76. The molecule has 2 fully saturated rings. The minimum Gasteiger partial charge on any atom is -0.443 e. The number of anilines is 2. The zero-order chi connectivity index (χ0) is 17.3. The van der Waals surface area contributed by atoms with Gasteiger partial charge in [0.15, 0.2) is 0 Å². The van der Waals surface area contributed by atoms with Crippen LogP contribution in [-0.4, -0.2) is 51.0 Å². The molecular weight excluding hydrogens is 317 g/mol. The molecule has 8 heteroatoms. The molecule has 1 aromatic carbocycles. The van der Waals surface area contributed by atoms with Crippen LogP contribution in [-0.2, 0) is 14.3 Å². The maximum absolute atomic E-state index is 14.5. The number of cyclic esters (lactones) is 1. The molecule has 2 aliphatic heterocycles. The van der Waals surface area contributed by atoms with E-state index in [9.17, 15) is 14.0 Å². The van der Waals surface area contributed by atoms with E-state index in [-0.39, 0.29) is 6.54 Å². The minimum atomic E-state index is -0.628. The Labute approximate surface area is 139 Å². The van der Waals surface area contributed by atoms with Crippen molar-refractivity contribution in [1.82, 2.24) is 0 Å². The van der Waals surface area contributed by atoms with Crippen molar-refractivity contribution in [3.63, 3.8) is 0 Å². The Morgan fingerprint density at radius 2 is 2.08 bits per heavy atom. The van der Waals surface area contributed by atoms with Crippen molar-refractivity contribution >= 4 is 23.4 Å². The van der Waals surface area contributed by atoms with Gasteiger partial charge >= 0.3 is 6.09 Å². The fourth-order valence-electron chi connectivity index (χ4n) is 2.86. The summed E-state index contributed by atoms with van der Waals surface area (Å²) in [6.45, 7) is 4.14. The fourth-order valence-corrected chi connectivity index (χ4v) is 2.86. The summed E-state index contributed by atoms with van der Waals surface area (Å²) in [5.74, 6) is -1.55. The molecule has 0 radical (unpaired) electrons. The van der Waals surface area contributed by atoms with Crippen LogP contribution in [0.1, 0.15) is 6.92 Å². The largest absolute Gasteiger partial charge is 0.443 e. The van der Waals surface area contributed by atoms with E-state index in [1.165, 1.54) is 11.0 Å². The number of carbonyl (C=O) groups excluding carboxylic acids is 2. The Bertz CT molecular complexity index is 648. The summed E-state index contributed by atoms with van der Waals surface area (Å²) in [7, 11) is 0. The summed E-state index contributed by atoms with van der Waals surface area (Å²) in [5.41, 5.74) is 6.13. The average molecular weight is 337 g/mol. The number of nitrogens with zero attached hydrogens (tertiary/aromatic N) is 2. The molecule has 3 rings (SSSR count). The summed E-state index contributed by atoms with van der Waals surface area (Å²) < 4.78 is 24.9. The van der Waals surface area contributed by atoms with Gasteiger partial charge in [0.05, 0.1) is 37.1 Å². The molecule has 0 bridgehead atoms. The van der Waals surface area contributed by atoms with Gasteiger partial charge in [-0.1, -0.05) is 0 Å². The number of benzene rings is 1. The number of carbonyl (C=O) groups is 2. The third kappa shape index (κ3) is 3.14. The highest BCUT2D eigenvalue weighted by Crippen LogP contribution is 2.29. The molecule has 2 N–H and O–H groups in total. The summed E-state index contributed by atoms with van der Waals surface area (Å²) in [5, 5.41) is 0. The minimum absolute atomic E-state index is 0.166. The Morgan fingerprint density at radius 3 is 2.71 bits per heavy atom. The van der Waals surface area contributed by atoms with Crippen LogP contribution in [0.5, 0.6) is 0 Å². The smallest absolute Gasteiger partial charge is 0.414 e. The fraction of sp³-hybridized carbons (Fsp3) is 0.500. The molecular formula is C16H20FN3O4. The molecule has 7 nitrogen and oxygen atoms in total. The highest BCUT2D eigenvalue weighted by molar-refractivity contribution is 5.91. The standard InChI is InChI=1S/C16H20FN3O4/c1-10(15(18)21)14-9-20(16(22)24-14)11-2-3-13(12(17)8-11)19-4-6-23-7-5-19/h2-3,8,10,14H,4-7,9H2,1H3,(H2,18,21). The van der Waals surface area contributed by atoms with Crippen molar-refractivity contribution in [3.8, 4) is 0 Å². The molecule has 2 amide bonds. The van der Waals surface area contributed by atoms with Crippen LogP contribution in [0, 0.1) is 11.7 Å². The van der Waals surface area contributed by atoms with Gasteiger partial charge in [-0.15, -0.1) is 0 Å². The first-order valence-corrected chi connectivity index (χ1v) is 7.87. The summed E-state index contributed by atoms with van der Waals surface area (Å²) >= 11 is 0. The van der Waals surface area contributed by atoms with Crippen LogP contribution in [0.25, 0.3) is 0 Å². The van der Waals surface area contributed by atoms with Crippen molar-refractivity contribution < 1.29 is 23.5 Å². The Hall–Kier alpha value is -2.35. The van der Waals surface area contributed by atoms with Gasteiger partial charge in [-0.3, -0.25) is 9.69 Å². The molecule has 0 aromatic heterocycles. The maximum atomic E-state index is 14.5. The zero-order valence-corrected chi connectivity index (χ0v) is 13.4. The molecule has 0 aliphatic carbocycles. The molecule has 2 saturated heterocycles. The quantitative estimate of drug-likeness (QED) is 0.889. The first kappa shape index (κ1) is 16.5. The third-order valence-corrected chi connectivity index (χ3v) is 4.44. The summed E-state index contributed by atoms with van der Waals surface area (Å²) in [4.78, 5) is 26.5. The van der Waals surface area contributed by atoms with Crippen LogP contribution in [0.2, 0.25) is 0 Å². The summed E-state index contributed by atoms with van der Waals surface area (Å²) in [6, 6.07) is 4.63. The van der Waals surface area contributed by atoms with Gasteiger partial charge in [-0.25, -0.2) is 9.18 Å². The number of nitrogens with two attached hydrogens (primary N) is 1. The van der Waals surface area contributed by atoms with Crippen molar-refractivity contribution in [1.29, 1.82) is 0 Å². The summed E-state index contributed by atoms with van der Waals surface area (Å²) in [6.07, 6.45) is -1.23. The van der Waals surface area contributed by atoms with Gasteiger partial charge in [0.25, 0.3) is 0 Å². The van der Waals surface area contributed by atoms with E-state index in [2.05, 4.69) is 0 Å². The number of rotatable bonds is 4. The molecule has 2 atom stereocenters. The first-order valence-electron chi connectivity index (χ1n) is 7.87. The van der Waals surface area contributed by atoms with Gasteiger partial charge in [0.1, 0.15) is 11.9 Å². The lowest BCUT2D eigenvalue weighted by Gasteiger charge is -2.29. The van der Waals surface area contributed by atoms with Crippen molar-refractivity contribution in [3.05, 3.63) is 24.0 Å². The predicted molar refractivity (Wildman–Crippen MR) is 85.4 cm³/mol. The monoisotopic (exact) mass is 337 g/mol. The first-order chi connectivity index (χ1) is 11.5. The number of ether oxygens (including phenoxy) is 2. The topological polar surface area (TPSA) is 85.1 Å². The van der Waals surface area contributed by atoms with Gasteiger partial charge in [0, 0.05) is 13.1 Å². The number of amides is 2. The molecule has 1 aromatic rings. The lowest BCUT2D eigenvalue weighted by Crippen LogP contribution is -2.37. The van der Waals surface area contributed by atoms with E-state index >= 15 is 0 Å². The predicted octanol–water partition coefficient (Wildman–Crippen LogP) is 1.11. The van der Waals surface area contributed by atoms with E-state index in [1.54, 1.807) is 19.1 Å². The second-order valence-corrected chi connectivity index (χ2v) is 5.96. The van der Waals surface area contributed by atoms with E-state index < -0.39 is 29.8 Å². The van der Waals surface area contributed by atoms with Crippen LogP contribution in [0.15, 0.2) is 18.2 Å². The van der Waals surface area contributed by atoms with E-state index in [1.807, 2.05) is 4.90 Å². The zero-order valence-electron chi connectivity index (χ0n) is 13.4. The molecule has 2 heterocycles. The maximum Gasteiger partial charge on any atom is 0.414 e. The van der Waals surface area contributed by atoms with E-state index in [4.69, 9.17) is 15.2 Å². The van der Waals surface area contributed by atoms with Gasteiger partial charge in [-0.2, -0.15) is 0 Å². The number of morpholine rings is 1. The molecule has 0 spiro atoms. The highest BCUT2D eigenvalue weighted by Gasteiger charge is 2.38. The number of hydrogen-bond donors (Lipinski definition) is 1. The number of primary amides is 1. The molecule has 24 heavy (non-hydrogen) atoms. The second-order valence-electron chi connectivity index (χ2n) is 5.96. The van der Waals surface area contributed by atoms with Gasteiger partial charge in [-0.05, 0) is 25.1 Å². The third-order valence-electron chi connectivity index (χ3n) is 4.44. The number of hydrogen-bond acceptors (Lipinski definition) is 5. The lowest BCUT2D eigenvalue weighted by atomic mass is 10.0. The van der Waals surface area contributed by atoms with Crippen molar-refractivity contribution in [2.75, 3.05) is 42.6 Å². The van der Waals surface area contributed by atoms with Gasteiger partial charge < -0.3 is 20.1 Å². The molecule has 2 aliphatic rings. The molecule has 2 unspecified atom stereocenters. The van der Waals surface area contributed by atoms with Crippen LogP contribution in [0.3, 0.4) is 0 Å². The number of halogens is 1. The Kier molecular flexibility index (Phi) is 4.57. The second kappa shape index (κ2) is 6.64. The van der Waals surface area contributed by atoms with Crippen LogP contribution in [0.4, 0.5) is 20.6 Å². The van der Waals surface area contributed by atoms with Crippen molar-refractivity contribution in [2.45, 2.75) is 13.0 Å². The van der Waals surface area contributed by atoms with E-state index in [0.717, 1.165) is 0 Å². The Morgan fingerprint density at radius 1 is 1.38 bits per heavy atom. The normalized spacial score (nSPS) is 22.4. The van der Waals surface area contributed by atoms with Crippen LogP contribution >= 0.6 is 0 Å². The lowest BCUT2D eigenvalue weighted by molar-refractivity contribution is -0.123. The van der Waals surface area contributed by atoms with Gasteiger partial charge in [0.2, 0.25) is 5.91 Å². The van der Waals surface area contributed by atoms with E-state index in [0.29, 0.717) is 37.7 Å². The SMILES string of the molecule is CC(C(N)=O)C1CN(c2ccc(N3CCOCC3)c(F)c2)C(=O)O1. The highest BCUT2D eigenvalue weighted by atomic mass is 19.1.